The van der Waals surface area contributed by atoms with Gasteiger partial charge in [0.15, 0.2) is 0 Å². The molecule has 0 atom stereocenters. The number of benzene rings is 3. The van der Waals surface area contributed by atoms with E-state index < -0.39 is 0 Å². The highest BCUT2D eigenvalue weighted by Gasteiger charge is 2.19. The van der Waals surface area contributed by atoms with Crippen molar-refractivity contribution in [1.29, 1.82) is 0 Å². The van der Waals surface area contributed by atoms with E-state index in [9.17, 15) is 4.79 Å². The number of hydrogen-bond acceptors (Lipinski definition) is 3. The standard InChI is InChI=1S/C25H23NO3/c27-25(28-19-20-7-3-1-4-8-20)26-17-15-22(16-18-26)21-11-13-24(14-12-21)29-23-9-5-2-6-10-23/h1-15H,16-19H2. The van der Waals surface area contributed by atoms with E-state index in [1.165, 1.54) is 5.57 Å². The molecule has 0 saturated heterocycles. The predicted octanol–water partition coefficient (Wildman–Crippen LogP) is 5.90. The number of hydrogen-bond donors (Lipinski definition) is 0. The van der Waals surface area contributed by atoms with Crippen molar-refractivity contribution in [1.82, 2.24) is 4.90 Å². The van der Waals surface area contributed by atoms with Gasteiger partial charge in [-0.2, -0.15) is 0 Å². The van der Waals surface area contributed by atoms with Crippen LogP contribution in [-0.4, -0.2) is 24.1 Å². The van der Waals surface area contributed by atoms with Gasteiger partial charge in [0.25, 0.3) is 0 Å². The predicted molar refractivity (Wildman–Crippen MR) is 114 cm³/mol. The summed E-state index contributed by atoms with van der Waals surface area (Å²) in [6.07, 6.45) is 2.63. The van der Waals surface area contributed by atoms with Crippen molar-refractivity contribution >= 4 is 11.7 Å². The van der Waals surface area contributed by atoms with Gasteiger partial charge in [0.2, 0.25) is 0 Å². The smallest absolute Gasteiger partial charge is 0.410 e. The number of amides is 1. The maximum Gasteiger partial charge on any atom is 0.410 e. The summed E-state index contributed by atoms with van der Waals surface area (Å²) >= 11 is 0. The van der Waals surface area contributed by atoms with Gasteiger partial charge in [-0.25, -0.2) is 4.79 Å². The number of rotatable bonds is 5. The first kappa shape index (κ1) is 18.8. The van der Waals surface area contributed by atoms with E-state index in [2.05, 4.69) is 18.2 Å². The molecule has 3 aromatic carbocycles. The van der Waals surface area contributed by atoms with E-state index in [0.717, 1.165) is 29.0 Å². The largest absolute Gasteiger partial charge is 0.457 e. The van der Waals surface area contributed by atoms with Gasteiger partial charge in [-0.3, -0.25) is 0 Å². The minimum Gasteiger partial charge on any atom is -0.457 e. The topological polar surface area (TPSA) is 38.8 Å². The molecule has 1 amide bonds. The molecule has 146 valence electrons. The van der Waals surface area contributed by atoms with Crippen LogP contribution in [-0.2, 0) is 11.3 Å². The summed E-state index contributed by atoms with van der Waals surface area (Å²) in [6.45, 7) is 1.52. The molecule has 0 aliphatic carbocycles. The van der Waals surface area contributed by atoms with E-state index in [4.69, 9.17) is 9.47 Å². The molecule has 1 aliphatic rings. The summed E-state index contributed by atoms with van der Waals surface area (Å²) in [4.78, 5) is 14.0. The van der Waals surface area contributed by atoms with Gasteiger partial charge in [-0.05, 0) is 47.4 Å². The van der Waals surface area contributed by atoms with Crippen LogP contribution in [0.25, 0.3) is 5.57 Å². The van der Waals surface area contributed by atoms with E-state index in [0.29, 0.717) is 19.7 Å². The summed E-state index contributed by atoms with van der Waals surface area (Å²) in [7, 11) is 0. The highest BCUT2D eigenvalue weighted by atomic mass is 16.6. The first-order chi connectivity index (χ1) is 14.3. The van der Waals surface area contributed by atoms with Crippen molar-refractivity contribution in [3.8, 4) is 11.5 Å². The lowest BCUT2D eigenvalue weighted by atomic mass is 9.99. The third-order valence-corrected chi connectivity index (χ3v) is 4.88. The van der Waals surface area contributed by atoms with Gasteiger partial charge < -0.3 is 14.4 Å². The molecule has 1 aliphatic heterocycles. The number of carbonyl (C=O) groups excluding carboxylic acids is 1. The van der Waals surface area contributed by atoms with Crippen LogP contribution in [0.2, 0.25) is 0 Å². The number of para-hydroxylation sites is 1. The Morgan fingerprint density at radius 2 is 1.48 bits per heavy atom. The molecule has 3 aromatic rings. The summed E-state index contributed by atoms with van der Waals surface area (Å²) in [5.41, 5.74) is 3.39. The zero-order valence-electron chi connectivity index (χ0n) is 16.2. The summed E-state index contributed by atoms with van der Waals surface area (Å²) in [6, 6.07) is 27.5. The molecule has 1 heterocycles. The summed E-state index contributed by atoms with van der Waals surface area (Å²) in [5.74, 6) is 1.63. The zero-order valence-corrected chi connectivity index (χ0v) is 16.2. The fourth-order valence-corrected chi connectivity index (χ4v) is 3.27. The third-order valence-electron chi connectivity index (χ3n) is 4.88. The van der Waals surface area contributed by atoms with Crippen LogP contribution >= 0.6 is 0 Å². The van der Waals surface area contributed by atoms with Gasteiger partial charge >= 0.3 is 6.09 Å². The first-order valence-corrected chi connectivity index (χ1v) is 9.76. The molecular formula is C25H23NO3. The van der Waals surface area contributed by atoms with Gasteiger partial charge in [0, 0.05) is 13.1 Å². The average molecular weight is 385 g/mol. The second-order valence-corrected chi connectivity index (χ2v) is 6.91. The minimum atomic E-state index is -0.268. The molecule has 4 rings (SSSR count). The fraction of sp³-hybridized carbons (Fsp3) is 0.160. The van der Waals surface area contributed by atoms with Crippen LogP contribution in [0.1, 0.15) is 17.5 Å². The lowest BCUT2D eigenvalue weighted by Crippen LogP contribution is -2.35. The summed E-state index contributed by atoms with van der Waals surface area (Å²) in [5, 5.41) is 0. The van der Waals surface area contributed by atoms with Gasteiger partial charge in [-0.15, -0.1) is 0 Å². The molecular weight excluding hydrogens is 362 g/mol. The van der Waals surface area contributed by atoms with E-state index in [1.54, 1.807) is 4.90 Å². The normalized spacial score (nSPS) is 13.5. The van der Waals surface area contributed by atoms with E-state index >= 15 is 0 Å². The van der Waals surface area contributed by atoms with E-state index in [-0.39, 0.29) is 6.09 Å². The second-order valence-electron chi connectivity index (χ2n) is 6.91. The maximum atomic E-state index is 12.3. The molecule has 4 nitrogen and oxygen atoms in total. The van der Waals surface area contributed by atoms with Gasteiger partial charge in [0.1, 0.15) is 18.1 Å². The molecule has 0 fully saturated rings. The van der Waals surface area contributed by atoms with Crippen molar-refractivity contribution in [2.45, 2.75) is 13.0 Å². The van der Waals surface area contributed by atoms with Crippen LogP contribution in [0.4, 0.5) is 4.79 Å². The monoisotopic (exact) mass is 385 g/mol. The molecule has 0 unspecified atom stereocenters. The summed E-state index contributed by atoms with van der Waals surface area (Å²) < 4.78 is 11.3. The van der Waals surface area contributed by atoms with Crippen molar-refractivity contribution in [3.05, 3.63) is 102 Å². The molecule has 29 heavy (non-hydrogen) atoms. The highest BCUT2D eigenvalue weighted by Crippen LogP contribution is 2.27. The SMILES string of the molecule is O=C(OCc1ccccc1)N1CC=C(c2ccc(Oc3ccccc3)cc2)CC1. The zero-order chi connectivity index (χ0) is 19.9. The number of carbonyl (C=O) groups is 1. The lowest BCUT2D eigenvalue weighted by Gasteiger charge is -2.26. The Bertz CT molecular complexity index is 966. The molecule has 0 aromatic heterocycles. The van der Waals surface area contributed by atoms with E-state index in [1.807, 2.05) is 72.8 Å². The second kappa shape index (κ2) is 9.11. The Hall–Kier alpha value is -3.53. The fourth-order valence-electron chi connectivity index (χ4n) is 3.27. The van der Waals surface area contributed by atoms with Crippen molar-refractivity contribution in [2.75, 3.05) is 13.1 Å². The van der Waals surface area contributed by atoms with Crippen molar-refractivity contribution in [2.24, 2.45) is 0 Å². The average Bonchev–Trinajstić information content (AvgIpc) is 2.79. The Labute approximate surface area is 171 Å². The van der Waals surface area contributed by atoms with Gasteiger partial charge in [-0.1, -0.05) is 66.7 Å². The van der Waals surface area contributed by atoms with Crippen molar-refractivity contribution < 1.29 is 14.3 Å². The Morgan fingerprint density at radius 1 is 0.828 bits per heavy atom. The Balaban J connectivity index is 1.31. The number of ether oxygens (including phenoxy) is 2. The van der Waals surface area contributed by atoms with Crippen molar-refractivity contribution in [3.63, 3.8) is 0 Å². The first-order valence-electron chi connectivity index (χ1n) is 9.76. The molecule has 0 N–H and O–H groups in total. The molecule has 0 bridgehead atoms. The molecule has 0 spiro atoms. The third kappa shape index (κ3) is 5.05. The van der Waals surface area contributed by atoms with Crippen LogP contribution in [0, 0.1) is 0 Å². The number of nitrogens with zero attached hydrogens (tertiary/aromatic N) is 1. The highest BCUT2D eigenvalue weighted by molar-refractivity contribution is 5.72. The molecule has 0 radical (unpaired) electrons. The Morgan fingerprint density at radius 3 is 2.14 bits per heavy atom. The quantitative estimate of drug-likeness (QED) is 0.548. The maximum absolute atomic E-state index is 12.3. The van der Waals surface area contributed by atoms with Gasteiger partial charge in [0.05, 0.1) is 0 Å². The van der Waals surface area contributed by atoms with Crippen LogP contribution in [0.5, 0.6) is 11.5 Å². The lowest BCUT2D eigenvalue weighted by molar-refractivity contribution is 0.0998. The van der Waals surface area contributed by atoms with Crippen LogP contribution < -0.4 is 4.74 Å². The Kier molecular flexibility index (Phi) is 5.91. The van der Waals surface area contributed by atoms with Crippen LogP contribution in [0.15, 0.2) is 91.0 Å². The van der Waals surface area contributed by atoms with Crippen LogP contribution in [0.3, 0.4) is 0 Å². The minimum absolute atomic E-state index is 0.268. The molecule has 0 saturated carbocycles. The molecule has 4 heteroatoms.